The molecule has 21 heavy (non-hydrogen) atoms. The van der Waals surface area contributed by atoms with Crippen molar-refractivity contribution >= 4 is 5.97 Å². The van der Waals surface area contributed by atoms with E-state index in [1.807, 2.05) is 0 Å². The minimum absolute atomic E-state index is 0.00115. The first-order valence-corrected chi connectivity index (χ1v) is 8.06. The lowest BCUT2D eigenvalue weighted by Crippen LogP contribution is -2.34. The Morgan fingerprint density at radius 1 is 1.24 bits per heavy atom. The van der Waals surface area contributed by atoms with Gasteiger partial charge in [0, 0.05) is 12.1 Å². The van der Waals surface area contributed by atoms with Crippen molar-refractivity contribution in [1.82, 2.24) is 4.90 Å². The first-order valence-electron chi connectivity index (χ1n) is 8.06. The van der Waals surface area contributed by atoms with Gasteiger partial charge in [0.25, 0.3) is 0 Å². The van der Waals surface area contributed by atoms with Crippen molar-refractivity contribution < 1.29 is 9.53 Å². The van der Waals surface area contributed by atoms with Crippen LogP contribution in [0.2, 0.25) is 0 Å². The molecule has 2 bridgehead atoms. The second-order valence-electron chi connectivity index (χ2n) is 6.47. The Bertz CT molecular complexity index is 487. The number of rotatable bonds is 5. The standard InChI is InChI=1S/C18H25NO2/c1-19-15-11-12-16(19)17(18(20)21-2)14(15)10-6-9-13-7-4-3-5-8-13/h3-5,7-8,14-17H,6,9-12H2,1-2H3/t14-,15+,16-,17+/m1/s1. The lowest BCUT2D eigenvalue weighted by molar-refractivity contribution is -0.148. The van der Waals surface area contributed by atoms with Gasteiger partial charge in [-0.15, -0.1) is 0 Å². The van der Waals surface area contributed by atoms with E-state index in [9.17, 15) is 4.79 Å². The molecular weight excluding hydrogens is 262 g/mol. The smallest absolute Gasteiger partial charge is 0.310 e. The zero-order valence-electron chi connectivity index (χ0n) is 13.0. The lowest BCUT2D eigenvalue weighted by atomic mass is 9.76. The monoisotopic (exact) mass is 287 g/mol. The van der Waals surface area contributed by atoms with Gasteiger partial charge < -0.3 is 4.74 Å². The summed E-state index contributed by atoms with van der Waals surface area (Å²) in [6, 6.07) is 11.6. The predicted molar refractivity (Wildman–Crippen MR) is 82.9 cm³/mol. The molecule has 3 rings (SSSR count). The predicted octanol–water partition coefficient (Wildman–Crippen LogP) is 2.89. The third-order valence-electron chi connectivity index (χ3n) is 5.49. The number of hydrogen-bond donors (Lipinski definition) is 0. The molecule has 0 N–H and O–H groups in total. The molecule has 0 aliphatic carbocycles. The van der Waals surface area contributed by atoms with E-state index >= 15 is 0 Å². The molecule has 2 saturated heterocycles. The lowest BCUT2D eigenvalue weighted by Gasteiger charge is -2.27. The van der Waals surface area contributed by atoms with E-state index in [-0.39, 0.29) is 11.9 Å². The van der Waals surface area contributed by atoms with Gasteiger partial charge in [-0.2, -0.15) is 0 Å². The van der Waals surface area contributed by atoms with Crippen molar-refractivity contribution in [1.29, 1.82) is 0 Å². The summed E-state index contributed by atoms with van der Waals surface area (Å²) in [4.78, 5) is 14.6. The molecule has 0 radical (unpaired) electrons. The summed E-state index contributed by atoms with van der Waals surface area (Å²) in [5.74, 6) is 0.568. The fraction of sp³-hybridized carbons (Fsp3) is 0.611. The van der Waals surface area contributed by atoms with Crippen LogP contribution in [-0.2, 0) is 16.0 Å². The Kier molecular flexibility index (Phi) is 4.29. The summed E-state index contributed by atoms with van der Waals surface area (Å²) >= 11 is 0. The van der Waals surface area contributed by atoms with E-state index in [0.29, 0.717) is 18.0 Å². The Morgan fingerprint density at radius 2 is 1.95 bits per heavy atom. The van der Waals surface area contributed by atoms with Crippen LogP contribution in [0.3, 0.4) is 0 Å². The van der Waals surface area contributed by atoms with Crippen LogP contribution in [0.5, 0.6) is 0 Å². The maximum atomic E-state index is 12.1. The molecule has 2 heterocycles. The highest BCUT2D eigenvalue weighted by Crippen LogP contribution is 2.47. The van der Waals surface area contributed by atoms with Crippen LogP contribution < -0.4 is 0 Å². The average Bonchev–Trinajstić information content (AvgIpc) is 3.01. The average molecular weight is 287 g/mol. The molecule has 0 unspecified atom stereocenters. The Morgan fingerprint density at radius 3 is 2.67 bits per heavy atom. The summed E-state index contributed by atoms with van der Waals surface area (Å²) in [6.45, 7) is 0. The van der Waals surface area contributed by atoms with Crippen LogP contribution in [0.1, 0.15) is 31.2 Å². The van der Waals surface area contributed by atoms with Crippen molar-refractivity contribution in [3.05, 3.63) is 35.9 Å². The topological polar surface area (TPSA) is 29.5 Å². The highest BCUT2D eigenvalue weighted by Gasteiger charge is 2.54. The first kappa shape index (κ1) is 14.6. The number of carbonyl (C=O) groups is 1. The number of ether oxygens (including phenoxy) is 1. The number of hydrogen-bond acceptors (Lipinski definition) is 3. The molecule has 1 aromatic rings. The van der Waals surface area contributed by atoms with Crippen LogP contribution in [0, 0.1) is 11.8 Å². The molecule has 114 valence electrons. The molecule has 0 aromatic heterocycles. The highest BCUT2D eigenvalue weighted by atomic mass is 16.5. The maximum absolute atomic E-state index is 12.1. The Balaban J connectivity index is 1.62. The van der Waals surface area contributed by atoms with Crippen LogP contribution >= 0.6 is 0 Å². The molecule has 2 aliphatic heterocycles. The fourth-order valence-corrected chi connectivity index (χ4v) is 4.49. The van der Waals surface area contributed by atoms with Crippen molar-refractivity contribution in [2.45, 2.75) is 44.2 Å². The summed E-state index contributed by atoms with van der Waals surface area (Å²) < 4.78 is 5.06. The van der Waals surface area contributed by atoms with E-state index < -0.39 is 0 Å². The molecular formula is C18H25NO2. The second-order valence-corrected chi connectivity index (χ2v) is 6.47. The van der Waals surface area contributed by atoms with E-state index in [4.69, 9.17) is 4.74 Å². The normalized spacial score (nSPS) is 31.5. The van der Waals surface area contributed by atoms with Crippen molar-refractivity contribution in [3.8, 4) is 0 Å². The molecule has 0 saturated carbocycles. The van der Waals surface area contributed by atoms with Crippen LogP contribution in [-0.4, -0.2) is 37.1 Å². The van der Waals surface area contributed by atoms with Gasteiger partial charge in [-0.1, -0.05) is 30.3 Å². The number of benzene rings is 1. The third kappa shape index (κ3) is 2.71. The molecule has 1 aromatic carbocycles. The summed E-state index contributed by atoms with van der Waals surface area (Å²) in [5.41, 5.74) is 1.39. The molecule has 0 amide bonds. The number of carbonyl (C=O) groups excluding carboxylic acids is 1. The van der Waals surface area contributed by atoms with Gasteiger partial charge in [0.05, 0.1) is 13.0 Å². The molecule has 2 aliphatic rings. The zero-order chi connectivity index (χ0) is 14.8. The number of nitrogens with zero attached hydrogens (tertiary/aromatic N) is 1. The van der Waals surface area contributed by atoms with Gasteiger partial charge in [-0.3, -0.25) is 9.69 Å². The minimum atomic E-state index is -0.00115. The van der Waals surface area contributed by atoms with E-state index in [1.165, 1.54) is 19.1 Å². The van der Waals surface area contributed by atoms with Crippen molar-refractivity contribution in [2.75, 3.05) is 14.2 Å². The van der Waals surface area contributed by atoms with Gasteiger partial charge in [0.2, 0.25) is 0 Å². The molecule has 0 spiro atoms. The van der Waals surface area contributed by atoms with Crippen LogP contribution in [0.25, 0.3) is 0 Å². The van der Waals surface area contributed by atoms with Gasteiger partial charge in [0.15, 0.2) is 0 Å². The number of methoxy groups -OCH3 is 1. The van der Waals surface area contributed by atoms with Crippen LogP contribution in [0.4, 0.5) is 0 Å². The number of fused-ring (bicyclic) bond motifs is 2. The quantitative estimate of drug-likeness (QED) is 0.780. The van der Waals surface area contributed by atoms with Gasteiger partial charge in [-0.25, -0.2) is 0 Å². The minimum Gasteiger partial charge on any atom is -0.469 e. The van der Waals surface area contributed by atoms with E-state index in [1.54, 1.807) is 0 Å². The van der Waals surface area contributed by atoms with Gasteiger partial charge in [0.1, 0.15) is 0 Å². The first-order chi connectivity index (χ1) is 10.2. The van der Waals surface area contributed by atoms with Crippen molar-refractivity contribution in [2.24, 2.45) is 11.8 Å². The zero-order valence-corrected chi connectivity index (χ0v) is 13.0. The number of esters is 1. The molecule has 2 fully saturated rings. The van der Waals surface area contributed by atoms with Crippen molar-refractivity contribution in [3.63, 3.8) is 0 Å². The third-order valence-corrected chi connectivity index (χ3v) is 5.49. The van der Waals surface area contributed by atoms with Gasteiger partial charge >= 0.3 is 5.97 Å². The summed E-state index contributed by atoms with van der Waals surface area (Å²) in [7, 11) is 3.70. The SMILES string of the molecule is COC(=O)[C@H]1[C@H](CCCc2ccccc2)[C@@H]2CC[C@H]1N2C. The molecule has 4 atom stereocenters. The Hall–Kier alpha value is -1.35. The van der Waals surface area contributed by atoms with Crippen LogP contribution in [0.15, 0.2) is 30.3 Å². The summed E-state index contributed by atoms with van der Waals surface area (Å²) in [5, 5.41) is 0. The second kappa shape index (κ2) is 6.18. The van der Waals surface area contributed by atoms with Gasteiger partial charge in [-0.05, 0) is 50.6 Å². The number of aryl methyl sites for hydroxylation is 1. The largest absolute Gasteiger partial charge is 0.469 e. The van der Waals surface area contributed by atoms with E-state index in [2.05, 4.69) is 42.3 Å². The Labute approximate surface area is 127 Å². The summed E-state index contributed by atoms with van der Waals surface area (Å²) in [6.07, 6.45) is 5.77. The van der Waals surface area contributed by atoms with E-state index in [0.717, 1.165) is 25.7 Å². The highest BCUT2D eigenvalue weighted by molar-refractivity contribution is 5.74. The maximum Gasteiger partial charge on any atom is 0.310 e. The molecule has 3 heteroatoms. The molecule has 3 nitrogen and oxygen atoms in total. The fourth-order valence-electron chi connectivity index (χ4n) is 4.49.